The highest BCUT2D eigenvalue weighted by Gasteiger charge is 2.28. The molecule has 1 fully saturated rings. The van der Waals surface area contributed by atoms with Crippen molar-refractivity contribution < 1.29 is 14.2 Å². The molecule has 0 amide bonds. The predicted octanol–water partition coefficient (Wildman–Crippen LogP) is 4.80. The van der Waals surface area contributed by atoms with Gasteiger partial charge in [-0.25, -0.2) is 0 Å². The first kappa shape index (κ1) is 24.2. The molecule has 194 valence electrons. The van der Waals surface area contributed by atoms with E-state index in [0.29, 0.717) is 26.3 Å². The number of aromatic nitrogens is 2. The van der Waals surface area contributed by atoms with Crippen LogP contribution in [-0.4, -0.2) is 36.8 Å². The Kier molecular flexibility index (Phi) is 6.81. The number of H-pyrrole nitrogens is 1. The Balaban J connectivity index is 1.16. The number of methoxy groups -OCH3 is 1. The summed E-state index contributed by atoms with van der Waals surface area (Å²) in [6, 6.07) is 20.1. The number of hydrogen-bond acceptors (Lipinski definition) is 7. The molecule has 2 aromatic heterocycles. The maximum atomic E-state index is 11.8. The average molecular weight is 511 g/mol. The SMILES string of the molecule is COCc1ccc(CNc2ccc3c(c2)Cc2cccc(C4CN(c5cc[nH]c(=O)c5)CCO4)c2O3)cn1. The summed E-state index contributed by atoms with van der Waals surface area (Å²) in [6.45, 7) is 3.17. The molecule has 2 aliphatic heterocycles. The number of morpholine rings is 1. The van der Waals surface area contributed by atoms with Crippen LogP contribution in [-0.2, 0) is 29.0 Å². The minimum atomic E-state index is -0.149. The third kappa shape index (κ3) is 5.14. The van der Waals surface area contributed by atoms with Crippen molar-refractivity contribution in [1.82, 2.24) is 9.97 Å². The number of nitrogens with zero attached hydrogens (tertiary/aromatic N) is 2. The smallest absolute Gasteiger partial charge is 0.249 e. The van der Waals surface area contributed by atoms with Crippen LogP contribution in [0.4, 0.5) is 11.4 Å². The van der Waals surface area contributed by atoms with Crippen LogP contribution in [0.2, 0.25) is 0 Å². The Morgan fingerprint density at radius 2 is 2.08 bits per heavy atom. The molecule has 0 spiro atoms. The van der Waals surface area contributed by atoms with E-state index in [9.17, 15) is 4.79 Å². The summed E-state index contributed by atoms with van der Waals surface area (Å²) in [6.07, 6.45) is 4.20. The Morgan fingerprint density at radius 3 is 2.92 bits per heavy atom. The van der Waals surface area contributed by atoms with Crippen LogP contribution >= 0.6 is 0 Å². The van der Waals surface area contributed by atoms with E-state index in [2.05, 4.69) is 50.5 Å². The molecule has 2 aliphatic rings. The summed E-state index contributed by atoms with van der Waals surface area (Å²) in [5, 5.41) is 3.50. The fraction of sp³-hybridized carbons (Fsp3) is 0.267. The number of rotatable bonds is 7. The largest absolute Gasteiger partial charge is 0.456 e. The molecule has 8 nitrogen and oxygen atoms in total. The van der Waals surface area contributed by atoms with Crippen molar-refractivity contribution in [2.75, 3.05) is 37.0 Å². The monoisotopic (exact) mass is 510 g/mol. The van der Waals surface area contributed by atoms with Crippen LogP contribution in [0.15, 0.2) is 77.9 Å². The zero-order valence-corrected chi connectivity index (χ0v) is 21.3. The summed E-state index contributed by atoms with van der Waals surface area (Å²) in [7, 11) is 1.67. The van der Waals surface area contributed by atoms with Crippen LogP contribution in [0.25, 0.3) is 0 Å². The second-order valence-electron chi connectivity index (χ2n) is 9.60. The van der Waals surface area contributed by atoms with Gasteiger partial charge in [-0.2, -0.15) is 0 Å². The number of para-hydroxylation sites is 1. The highest BCUT2D eigenvalue weighted by molar-refractivity contribution is 5.59. The van der Waals surface area contributed by atoms with Crippen molar-refractivity contribution in [1.29, 1.82) is 0 Å². The molecule has 4 aromatic rings. The van der Waals surface area contributed by atoms with Gasteiger partial charge in [0.2, 0.25) is 5.56 Å². The molecule has 4 heterocycles. The van der Waals surface area contributed by atoms with E-state index in [-0.39, 0.29) is 11.7 Å². The standard InChI is InChI=1S/C30H30N4O4/c1-36-19-24-6-5-20(17-33-24)16-32-23-7-8-27-22(14-23)13-21-3-2-4-26(30(21)38-27)28-18-34(11-12-37-28)25-9-10-31-29(35)15-25/h2-10,14-15,17,28,32H,11-13,16,18-19H2,1H3,(H,31,35). The first-order valence-electron chi connectivity index (χ1n) is 12.8. The molecule has 2 aromatic carbocycles. The average Bonchev–Trinajstić information content (AvgIpc) is 2.95. The lowest BCUT2D eigenvalue weighted by atomic mass is 9.95. The molecule has 0 radical (unpaired) electrons. The van der Waals surface area contributed by atoms with Crippen molar-refractivity contribution in [3.05, 3.63) is 111 Å². The molecule has 1 unspecified atom stereocenters. The van der Waals surface area contributed by atoms with Crippen LogP contribution in [0.1, 0.15) is 34.1 Å². The molecule has 38 heavy (non-hydrogen) atoms. The third-order valence-corrected chi connectivity index (χ3v) is 6.99. The lowest BCUT2D eigenvalue weighted by Gasteiger charge is -2.36. The maximum Gasteiger partial charge on any atom is 0.249 e. The van der Waals surface area contributed by atoms with E-state index >= 15 is 0 Å². The number of benzene rings is 2. The van der Waals surface area contributed by atoms with Gasteiger partial charge in [0.15, 0.2) is 0 Å². The second kappa shape index (κ2) is 10.7. The quantitative estimate of drug-likeness (QED) is 0.325. The number of anilines is 2. The van der Waals surface area contributed by atoms with Crippen molar-refractivity contribution in [2.45, 2.75) is 25.7 Å². The molecule has 0 aliphatic carbocycles. The van der Waals surface area contributed by atoms with Gasteiger partial charge in [-0.15, -0.1) is 0 Å². The number of nitrogens with one attached hydrogen (secondary N) is 2. The first-order chi connectivity index (χ1) is 18.7. The van der Waals surface area contributed by atoms with Gasteiger partial charge < -0.3 is 29.4 Å². The minimum Gasteiger partial charge on any atom is -0.456 e. The van der Waals surface area contributed by atoms with Gasteiger partial charge in [0.05, 0.1) is 18.9 Å². The molecule has 1 saturated heterocycles. The van der Waals surface area contributed by atoms with E-state index in [1.807, 2.05) is 30.5 Å². The molecular formula is C30H30N4O4. The zero-order chi connectivity index (χ0) is 25.9. The van der Waals surface area contributed by atoms with Crippen molar-refractivity contribution in [3.8, 4) is 11.5 Å². The number of hydrogen-bond donors (Lipinski definition) is 2. The van der Waals surface area contributed by atoms with Gasteiger partial charge in [-0.05, 0) is 41.5 Å². The van der Waals surface area contributed by atoms with Crippen molar-refractivity contribution in [3.63, 3.8) is 0 Å². The zero-order valence-electron chi connectivity index (χ0n) is 21.3. The van der Waals surface area contributed by atoms with E-state index in [1.54, 1.807) is 19.4 Å². The normalized spacial score (nSPS) is 16.3. The van der Waals surface area contributed by atoms with Crippen molar-refractivity contribution >= 4 is 11.4 Å². The second-order valence-corrected chi connectivity index (χ2v) is 9.60. The van der Waals surface area contributed by atoms with Gasteiger partial charge in [-0.1, -0.05) is 24.3 Å². The summed E-state index contributed by atoms with van der Waals surface area (Å²) in [4.78, 5) is 21.1. The van der Waals surface area contributed by atoms with E-state index in [0.717, 1.165) is 63.8 Å². The highest BCUT2D eigenvalue weighted by atomic mass is 16.5. The maximum absolute atomic E-state index is 11.8. The van der Waals surface area contributed by atoms with Crippen LogP contribution in [0.3, 0.4) is 0 Å². The number of fused-ring (bicyclic) bond motifs is 2. The highest BCUT2D eigenvalue weighted by Crippen LogP contribution is 2.43. The minimum absolute atomic E-state index is 0.104. The lowest BCUT2D eigenvalue weighted by Crippen LogP contribution is -2.39. The molecular weight excluding hydrogens is 480 g/mol. The Morgan fingerprint density at radius 1 is 1.13 bits per heavy atom. The van der Waals surface area contributed by atoms with Gasteiger partial charge >= 0.3 is 0 Å². The summed E-state index contributed by atoms with van der Waals surface area (Å²) in [5.74, 6) is 1.74. The number of pyridine rings is 2. The molecule has 2 N–H and O–H groups in total. The molecule has 0 bridgehead atoms. The number of ether oxygens (including phenoxy) is 3. The van der Waals surface area contributed by atoms with Gasteiger partial charge in [0.25, 0.3) is 0 Å². The van der Waals surface area contributed by atoms with E-state index in [4.69, 9.17) is 14.2 Å². The predicted molar refractivity (Wildman–Crippen MR) is 146 cm³/mol. The van der Waals surface area contributed by atoms with Gasteiger partial charge in [-0.3, -0.25) is 9.78 Å². The molecule has 0 saturated carbocycles. The Hall–Kier alpha value is -4.14. The first-order valence-corrected chi connectivity index (χ1v) is 12.8. The fourth-order valence-corrected chi connectivity index (χ4v) is 5.06. The lowest BCUT2D eigenvalue weighted by molar-refractivity contribution is 0.0384. The van der Waals surface area contributed by atoms with Crippen LogP contribution in [0, 0.1) is 0 Å². The molecule has 1 atom stereocenters. The Labute approximate surface area is 221 Å². The van der Waals surface area contributed by atoms with E-state index < -0.39 is 0 Å². The molecule has 8 heteroatoms. The number of aromatic amines is 1. The Bertz CT molecular complexity index is 1480. The fourth-order valence-electron chi connectivity index (χ4n) is 5.06. The van der Waals surface area contributed by atoms with E-state index in [1.165, 1.54) is 0 Å². The summed E-state index contributed by atoms with van der Waals surface area (Å²) >= 11 is 0. The van der Waals surface area contributed by atoms with Crippen molar-refractivity contribution in [2.24, 2.45) is 0 Å². The third-order valence-electron chi connectivity index (χ3n) is 6.99. The van der Waals surface area contributed by atoms with Gasteiger partial charge in [0, 0.05) is 74.1 Å². The summed E-state index contributed by atoms with van der Waals surface area (Å²) in [5.41, 5.74) is 7.18. The van der Waals surface area contributed by atoms with Gasteiger partial charge in [0.1, 0.15) is 17.6 Å². The topological polar surface area (TPSA) is 88.7 Å². The summed E-state index contributed by atoms with van der Waals surface area (Å²) < 4.78 is 17.8. The molecule has 6 rings (SSSR count). The van der Waals surface area contributed by atoms with Crippen LogP contribution in [0.5, 0.6) is 11.5 Å². The van der Waals surface area contributed by atoms with Crippen LogP contribution < -0.4 is 20.5 Å².